The molecule has 0 saturated heterocycles. The third-order valence-electron chi connectivity index (χ3n) is 2.86. The molecule has 0 spiro atoms. The molecule has 20 heavy (non-hydrogen) atoms. The first kappa shape index (κ1) is 16.3. The summed E-state index contributed by atoms with van der Waals surface area (Å²) in [5.41, 5.74) is 11.9. The van der Waals surface area contributed by atoms with E-state index in [4.69, 9.17) is 16.2 Å². The maximum absolute atomic E-state index is 12.5. The molecular formula is C12H19N3O4S. The highest BCUT2D eigenvalue weighted by Crippen LogP contribution is 2.30. The van der Waals surface area contributed by atoms with E-state index in [1.165, 1.54) is 13.2 Å². The van der Waals surface area contributed by atoms with Crippen LogP contribution in [0.1, 0.15) is 12.5 Å². The highest BCUT2D eigenvalue weighted by Gasteiger charge is 2.28. The monoisotopic (exact) mass is 301 g/mol. The van der Waals surface area contributed by atoms with Gasteiger partial charge in [-0.25, -0.2) is 8.42 Å². The number of primary amides is 1. The Bertz CT molecular complexity index is 613. The minimum Gasteiger partial charge on any atom is -0.495 e. The molecular weight excluding hydrogens is 282 g/mol. The van der Waals surface area contributed by atoms with Crippen LogP contribution in [0.15, 0.2) is 17.0 Å². The van der Waals surface area contributed by atoms with Gasteiger partial charge in [0.05, 0.1) is 13.7 Å². The van der Waals surface area contributed by atoms with Crippen LogP contribution in [0.5, 0.6) is 5.75 Å². The molecule has 0 aromatic heterocycles. The van der Waals surface area contributed by atoms with Crippen molar-refractivity contribution in [3.05, 3.63) is 17.7 Å². The number of rotatable bonds is 6. The number of nitrogens with two attached hydrogens (primary N) is 2. The van der Waals surface area contributed by atoms with Crippen molar-refractivity contribution in [2.24, 2.45) is 5.73 Å². The second kappa shape index (κ2) is 6.10. The van der Waals surface area contributed by atoms with Crippen LogP contribution in [-0.4, -0.2) is 38.8 Å². The van der Waals surface area contributed by atoms with Gasteiger partial charge in [0.25, 0.3) is 0 Å². The summed E-state index contributed by atoms with van der Waals surface area (Å²) in [6.07, 6.45) is 0. The zero-order valence-corrected chi connectivity index (χ0v) is 12.5. The van der Waals surface area contributed by atoms with E-state index in [2.05, 4.69) is 0 Å². The van der Waals surface area contributed by atoms with Gasteiger partial charge in [-0.1, -0.05) is 6.92 Å². The van der Waals surface area contributed by atoms with Gasteiger partial charge in [0.2, 0.25) is 15.9 Å². The molecule has 0 aliphatic heterocycles. The number of hydrogen-bond donors (Lipinski definition) is 2. The molecule has 0 heterocycles. The number of anilines is 1. The lowest BCUT2D eigenvalue weighted by atomic mass is 10.2. The molecule has 112 valence electrons. The van der Waals surface area contributed by atoms with Gasteiger partial charge in [-0.3, -0.25) is 4.79 Å². The molecule has 0 bridgehead atoms. The summed E-state index contributed by atoms with van der Waals surface area (Å²) >= 11 is 0. The van der Waals surface area contributed by atoms with Crippen LogP contribution in [0.3, 0.4) is 0 Å². The lowest BCUT2D eigenvalue weighted by Crippen LogP contribution is -2.38. The van der Waals surface area contributed by atoms with Crippen molar-refractivity contribution < 1.29 is 17.9 Å². The summed E-state index contributed by atoms with van der Waals surface area (Å²) in [4.78, 5) is 10.9. The number of methoxy groups -OCH3 is 1. The second-order valence-corrected chi connectivity index (χ2v) is 6.16. The molecule has 0 saturated carbocycles. The molecule has 0 aliphatic carbocycles. The van der Waals surface area contributed by atoms with Crippen LogP contribution in [0.25, 0.3) is 0 Å². The zero-order valence-electron chi connectivity index (χ0n) is 11.7. The fourth-order valence-electron chi connectivity index (χ4n) is 1.72. The molecule has 0 aliphatic rings. The number of nitrogens with zero attached hydrogens (tertiary/aromatic N) is 1. The number of nitrogen functional groups attached to an aromatic ring is 1. The smallest absolute Gasteiger partial charge is 0.247 e. The van der Waals surface area contributed by atoms with Crippen LogP contribution >= 0.6 is 0 Å². The number of ether oxygens (including phenoxy) is 1. The van der Waals surface area contributed by atoms with Gasteiger partial charge in [-0.05, 0) is 24.6 Å². The summed E-state index contributed by atoms with van der Waals surface area (Å²) in [6.45, 7) is 3.08. The summed E-state index contributed by atoms with van der Waals surface area (Å²) in [6, 6.07) is 2.87. The molecule has 1 amide bonds. The normalized spacial score (nSPS) is 11.6. The van der Waals surface area contributed by atoms with E-state index in [1.807, 2.05) is 0 Å². The lowest BCUT2D eigenvalue weighted by Gasteiger charge is -2.21. The zero-order chi connectivity index (χ0) is 15.5. The Morgan fingerprint density at radius 3 is 2.45 bits per heavy atom. The number of likely N-dealkylation sites (N-methyl/N-ethyl adjacent to an activating group) is 1. The molecule has 0 radical (unpaired) electrons. The molecule has 7 nitrogen and oxygen atoms in total. The van der Waals surface area contributed by atoms with E-state index < -0.39 is 22.5 Å². The lowest BCUT2D eigenvalue weighted by molar-refractivity contribution is -0.118. The summed E-state index contributed by atoms with van der Waals surface area (Å²) in [5.74, 6) is -0.547. The van der Waals surface area contributed by atoms with Crippen molar-refractivity contribution in [1.82, 2.24) is 4.31 Å². The minimum absolute atomic E-state index is 0.0776. The molecule has 8 heteroatoms. The first-order valence-corrected chi connectivity index (χ1v) is 7.40. The largest absolute Gasteiger partial charge is 0.495 e. The average Bonchev–Trinajstić information content (AvgIpc) is 2.37. The number of hydrogen-bond acceptors (Lipinski definition) is 5. The second-order valence-electron chi connectivity index (χ2n) is 4.26. The van der Waals surface area contributed by atoms with Gasteiger partial charge < -0.3 is 16.2 Å². The first-order valence-electron chi connectivity index (χ1n) is 5.96. The van der Waals surface area contributed by atoms with Gasteiger partial charge >= 0.3 is 0 Å². The highest BCUT2D eigenvalue weighted by molar-refractivity contribution is 7.89. The Hall–Kier alpha value is -1.80. The van der Waals surface area contributed by atoms with Crippen LogP contribution in [0, 0.1) is 6.92 Å². The van der Waals surface area contributed by atoms with Gasteiger partial charge in [-0.2, -0.15) is 4.31 Å². The van der Waals surface area contributed by atoms with Gasteiger partial charge in [0.15, 0.2) is 0 Å². The maximum Gasteiger partial charge on any atom is 0.247 e. The number of benzene rings is 1. The SMILES string of the molecule is CCN(CC(N)=O)S(=O)(=O)c1cc(N)c(C)cc1OC. The Balaban J connectivity index is 3.40. The van der Waals surface area contributed by atoms with Crippen LogP contribution in [0.4, 0.5) is 5.69 Å². The van der Waals surface area contributed by atoms with Crippen molar-refractivity contribution >= 4 is 21.6 Å². The quantitative estimate of drug-likeness (QED) is 0.722. The van der Waals surface area contributed by atoms with Crippen molar-refractivity contribution in [3.8, 4) is 5.75 Å². The van der Waals surface area contributed by atoms with E-state index in [1.54, 1.807) is 19.9 Å². The number of amides is 1. The maximum atomic E-state index is 12.5. The third-order valence-corrected chi connectivity index (χ3v) is 4.80. The fourth-order valence-corrected chi connectivity index (χ4v) is 3.31. The Morgan fingerprint density at radius 2 is 2.00 bits per heavy atom. The summed E-state index contributed by atoms with van der Waals surface area (Å²) < 4.78 is 31.1. The average molecular weight is 301 g/mol. The number of sulfonamides is 1. The first-order chi connectivity index (χ1) is 9.23. The number of aryl methyl sites for hydroxylation is 1. The number of carbonyl (C=O) groups is 1. The number of carbonyl (C=O) groups excluding carboxylic acids is 1. The molecule has 4 N–H and O–H groups in total. The third kappa shape index (κ3) is 3.20. The molecule has 1 rings (SSSR count). The van der Waals surface area contributed by atoms with Crippen LogP contribution < -0.4 is 16.2 Å². The van der Waals surface area contributed by atoms with Gasteiger partial charge in [-0.15, -0.1) is 0 Å². The van der Waals surface area contributed by atoms with Crippen LogP contribution in [-0.2, 0) is 14.8 Å². The predicted octanol–water partition coefficient (Wildman–Crippen LogP) is 0.0817. The molecule has 0 unspecified atom stereocenters. The van der Waals surface area contributed by atoms with Crippen molar-refractivity contribution in [2.75, 3.05) is 25.9 Å². The van der Waals surface area contributed by atoms with E-state index in [0.29, 0.717) is 11.3 Å². The van der Waals surface area contributed by atoms with E-state index in [9.17, 15) is 13.2 Å². The topological polar surface area (TPSA) is 116 Å². The van der Waals surface area contributed by atoms with E-state index in [-0.39, 0.29) is 17.2 Å². The predicted molar refractivity (Wildman–Crippen MR) is 75.8 cm³/mol. The van der Waals surface area contributed by atoms with Gasteiger partial charge in [0.1, 0.15) is 10.6 Å². The Labute approximate surface area is 118 Å². The van der Waals surface area contributed by atoms with Gasteiger partial charge in [0, 0.05) is 12.2 Å². The summed E-state index contributed by atoms with van der Waals surface area (Å²) in [5, 5.41) is 0. The minimum atomic E-state index is -3.90. The highest BCUT2D eigenvalue weighted by atomic mass is 32.2. The standard InChI is InChI=1S/C12H19N3O4S/c1-4-15(7-12(14)16)20(17,18)11-6-9(13)8(2)5-10(11)19-3/h5-6H,4,7,13H2,1-3H3,(H2,14,16). The molecule has 1 aromatic carbocycles. The van der Waals surface area contributed by atoms with E-state index >= 15 is 0 Å². The van der Waals surface area contributed by atoms with Crippen molar-refractivity contribution in [3.63, 3.8) is 0 Å². The van der Waals surface area contributed by atoms with Crippen LogP contribution in [0.2, 0.25) is 0 Å². The van der Waals surface area contributed by atoms with Crippen molar-refractivity contribution in [1.29, 1.82) is 0 Å². The Morgan fingerprint density at radius 1 is 1.40 bits per heavy atom. The molecule has 0 atom stereocenters. The molecule has 0 fully saturated rings. The summed E-state index contributed by atoms with van der Waals surface area (Å²) in [7, 11) is -2.53. The Kier molecular flexibility index (Phi) is 4.96. The molecule has 1 aromatic rings. The fraction of sp³-hybridized carbons (Fsp3) is 0.417. The van der Waals surface area contributed by atoms with E-state index in [0.717, 1.165) is 4.31 Å². The van der Waals surface area contributed by atoms with Crippen molar-refractivity contribution in [2.45, 2.75) is 18.7 Å².